The Morgan fingerprint density at radius 1 is 1.00 bits per heavy atom. The van der Waals surface area contributed by atoms with Crippen LogP contribution in [0.25, 0.3) is 0 Å². The fourth-order valence-corrected chi connectivity index (χ4v) is 4.26. The van der Waals surface area contributed by atoms with E-state index < -0.39 is 0 Å². The minimum Gasteiger partial charge on any atom is -0.338 e. The van der Waals surface area contributed by atoms with Crippen molar-refractivity contribution in [2.24, 2.45) is 5.73 Å². The predicted octanol–water partition coefficient (Wildman–Crippen LogP) is 3.97. The quantitative estimate of drug-likeness (QED) is 0.931. The van der Waals surface area contributed by atoms with Gasteiger partial charge in [0, 0.05) is 0 Å². The summed E-state index contributed by atoms with van der Waals surface area (Å²) >= 11 is 0. The number of hydrogen-bond donors (Lipinski definition) is 1. The van der Waals surface area contributed by atoms with E-state index in [2.05, 4.69) is 36.3 Å². The summed E-state index contributed by atoms with van der Waals surface area (Å²) in [6, 6.07) is 8.62. The van der Waals surface area contributed by atoms with Crippen LogP contribution in [0.4, 0.5) is 0 Å². The van der Waals surface area contributed by atoms with Gasteiger partial charge in [-0.3, -0.25) is 0 Å². The lowest BCUT2D eigenvalue weighted by Crippen LogP contribution is -2.44. The van der Waals surface area contributed by atoms with Crippen LogP contribution in [0.1, 0.15) is 74.2 Å². The summed E-state index contributed by atoms with van der Waals surface area (Å²) in [6.07, 6.45) is 8.94. The van der Waals surface area contributed by atoms with Crippen molar-refractivity contribution in [2.45, 2.75) is 69.2 Å². The maximum atomic E-state index is 6.39. The Bertz CT molecular complexity index is 696. The third-order valence-corrected chi connectivity index (χ3v) is 5.89. The van der Waals surface area contributed by atoms with Crippen molar-refractivity contribution in [3.8, 4) is 0 Å². The minimum atomic E-state index is -0.358. The van der Waals surface area contributed by atoms with Gasteiger partial charge in [-0.05, 0) is 50.2 Å². The molecule has 0 amide bonds. The van der Waals surface area contributed by atoms with Gasteiger partial charge >= 0.3 is 0 Å². The number of nitrogens with two attached hydrogens (primary N) is 1. The molecule has 23 heavy (non-hydrogen) atoms. The molecule has 0 unspecified atom stereocenters. The number of rotatable bonds is 3. The van der Waals surface area contributed by atoms with Gasteiger partial charge in [-0.2, -0.15) is 4.98 Å². The van der Waals surface area contributed by atoms with Gasteiger partial charge in [0.15, 0.2) is 5.82 Å². The number of hydrogen-bond acceptors (Lipinski definition) is 4. The zero-order valence-corrected chi connectivity index (χ0v) is 13.8. The van der Waals surface area contributed by atoms with Gasteiger partial charge < -0.3 is 10.3 Å². The lowest BCUT2D eigenvalue weighted by molar-refractivity contribution is 0.223. The molecule has 0 atom stereocenters. The largest absolute Gasteiger partial charge is 0.338 e. The SMILES string of the molecule is Cc1ccccc1C1(c2nc(C3(N)CCC3)no2)CCCCC1. The molecule has 0 spiro atoms. The van der Waals surface area contributed by atoms with Crippen LogP contribution in [0.3, 0.4) is 0 Å². The van der Waals surface area contributed by atoms with Crippen LogP contribution >= 0.6 is 0 Å². The maximum absolute atomic E-state index is 6.39. The highest BCUT2D eigenvalue weighted by Crippen LogP contribution is 2.46. The topological polar surface area (TPSA) is 64.9 Å². The van der Waals surface area contributed by atoms with E-state index in [1.54, 1.807) is 0 Å². The molecule has 2 N–H and O–H groups in total. The molecule has 122 valence electrons. The number of aryl methyl sites for hydroxylation is 1. The first-order valence-electron chi connectivity index (χ1n) is 8.84. The van der Waals surface area contributed by atoms with Crippen molar-refractivity contribution in [3.05, 3.63) is 47.1 Å². The predicted molar refractivity (Wildman–Crippen MR) is 89.1 cm³/mol. The number of nitrogens with zero attached hydrogens (tertiary/aromatic N) is 2. The minimum absolute atomic E-state index is 0.130. The molecule has 1 heterocycles. The summed E-state index contributed by atoms with van der Waals surface area (Å²) in [5.74, 6) is 1.48. The molecule has 2 aliphatic rings. The van der Waals surface area contributed by atoms with E-state index in [9.17, 15) is 0 Å². The first kappa shape index (κ1) is 14.9. The van der Waals surface area contributed by atoms with Crippen molar-refractivity contribution in [3.63, 3.8) is 0 Å². The van der Waals surface area contributed by atoms with Gasteiger partial charge in [-0.25, -0.2) is 0 Å². The average Bonchev–Trinajstić information content (AvgIpc) is 3.04. The van der Waals surface area contributed by atoms with Crippen molar-refractivity contribution in [1.82, 2.24) is 10.1 Å². The van der Waals surface area contributed by atoms with Gasteiger partial charge in [0.1, 0.15) is 0 Å². The highest BCUT2D eigenvalue weighted by Gasteiger charge is 2.45. The highest BCUT2D eigenvalue weighted by atomic mass is 16.5. The summed E-state index contributed by atoms with van der Waals surface area (Å²) in [4.78, 5) is 4.81. The van der Waals surface area contributed by atoms with Gasteiger partial charge in [-0.15, -0.1) is 0 Å². The zero-order valence-electron chi connectivity index (χ0n) is 13.8. The van der Waals surface area contributed by atoms with Crippen LogP contribution in [0.15, 0.2) is 28.8 Å². The monoisotopic (exact) mass is 311 g/mol. The molecule has 2 aromatic rings. The average molecular weight is 311 g/mol. The second kappa shape index (κ2) is 5.45. The van der Waals surface area contributed by atoms with E-state index in [0.717, 1.165) is 38.0 Å². The Morgan fingerprint density at radius 3 is 2.39 bits per heavy atom. The molecular weight excluding hydrogens is 286 g/mol. The Balaban J connectivity index is 1.79. The van der Waals surface area contributed by atoms with Gasteiger partial charge in [-0.1, -0.05) is 48.7 Å². The lowest BCUT2D eigenvalue weighted by Gasteiger charge is -2.36. The summed E-state index contributed by atoms with van der Waals surface area (Å²) in [5.41, 5.74) is 8.55. The Kier molecular flexibility index (Phi) is 3.52. The van der Waals surface area contributed by atoms with Crippen LogP contribution in [0.5, 0.6) is 0 Å². The van der Waals surface area contributed by atoms with Crippen LogP contribution in [-0.4, -0.2) is 10.1 Å². The van der Waals surface area contributed by atoms with E-state index in [1.165, 1.54) is 30.4 Å². The summed E-state index contributed by atoms with van der Waals surface area (Å²) in [6.45, 7) is 2.18. The third-order valence-electron chi connectivity index (χ3n) is 5.89. The van der Waals surface area contributed by atoms with Crippen LogP contribution < -0.4 is 5.73 Å². The second-order valence-corrected chi connectivity index (χ2v) is 7.39. The van der Waals surface area contributed by atoms with Crippen LogP contribution in [0, 0.1) is 6.92 Å². The Labute approximate surface area is 137 Å². The van der Waals surface area contributed by atoms with E-state index in [-0.39, 0.29) is 11.0 Å². The van der Waals surface area contributed by atoms with E-state index >= 15 is 0 Å². The first-order chi connectivity index (χ1) is 11.1. The molecule has 0 saturated heterocycles. The summed E-state index contributed by atoms with van der Waals surface area (Å²) in [7, 11) is 0. The van der Waals surface area contributed by atoms with Crippen molar-refractivity contribution >= 4 is 0 Å². The van der Waals surface area contributed by atoms with Crippen molar-refractivity contribution in [1.29, 1.82) is 0 Å². The molecule has 0 bridgehead atoms. The van der Waals surface area contributed by atoms with E-state index in [4.69, 9.17) is 15.2 Å². The van der Waals surface area contributed by atoms with Crippen molar-refractivity contribution < 1.29 is 4.52 Å². The molecule has 0 radical (unpaired) electrons. The normalized spacial score (nSPS) is 22.5. The fraction of sp³-hybridized carbons (Fsp3) is 0.579. The molecule has 4 heteroatoms. The molecular formula is C19H25N3O. The first-order valence-corrected chi connectivity index (χ1v) is 8.84. The molecule has 0 aliphatic heterocycles. The van der Waals surface area contributed by atoms with Crippen molar-refractivity contribution in [2.75, 3.05) is 0 Å². The van der Waals surface area contributed by atoms with Gasteiger partial charge in [0.25, 0.3) is 0 Å². The second-order valence-electron chi connectivity index (χ2n) is 7.39. The number of benzene rings is 1. The molecule has 4 nitrogen and oxygen atoms in total. The zero-order chi connectivity index (χ0) is 15.9. The Morgan fingerprint density at radius 2 is 1.74 bits per heavy atom. The molecule has 2 saturated carbocycles. The van der Waals surface area contributed by atoms with Crippen LogP contribution in [0.2, 0.25) is 0 Å². The molecule has 4 rings (SSSR count). The molecule has 1 aromatic carbocycles. The molecule has 2 fully saturated rings. The number of aromatic nitrogens is 2. The maximum Gasteiger partial charge on any atom is 0.237 e. The van der Waals surface area contributed by atoms with E-state index in [1.807, 2.05) is 0 Å². The summed E-state index contributed by atoms with van der Waals surface area (Å²) in [5, 5.41) is 4.27. The fourth-order valence-electron chi connectivity index (χ4n) is 4.26. The molecule has 1 aromatic heterocycles. The van der Waals surface area contributed by atoms with E-state index in [0.29, 0.717) is 5.82 Å². The third kappa shape index (κ3) is 2.31. The Hall–Kier alpha value is -1.68. The molecule has 2 aliphatic carbocycles. The standard InChI is InChI=1S/C19H25N3O/c1-14-8-3-4-9-15(14)18(10-5-2-6-11-18)17-21-16(22-23-17)19(20)12-7-13-19/h3-4,8-9H,2,5-7,10-13,20H2,1H3. The summed E-state index contributed by atoms with van der Waals surface area (Å²) < 4.78 is 5.80. The van der Waals surface area contributed by atoms with Crippen LogP contribution in [-0.2, 0) is 11.0 Å². The van der Waals surface area contributed by atoms with Gasteiger partial charge in [0.05, 0.1) is 11.0 Å². The smallest absolute Gasteiger partial charge is 0.237 e. The lowest BCUT2D eigenvalue weighted by atomic mass is 9.68. The highest BCUT2D eigenvalue weighted by molar-refractivity contribution is 5.38. The van der Waals surface area contributed by atoms with Gasteiger partial charge in [0.2, 0.25) is 5.89 Å².